The quantitative estimate of drug-likeness (QED) is 0.595. The van der Waals surface area contributed by atoms with Gasteiger partial charge in [0.1, 0.15) is 17.3 Å². The number of benzene rings is 2. The molecule has 0 aliphatic heterocycles. The van der Waals surface area contributed by atoms with Gasteiger partial charge < -0.3 is 9.88 Å². The average Bonchev–Trinajstić information content (AvgIpc) is 3.21. The number of carbonyl (C=O) groups excluding carboxylic acids is 1. The number of nitrogens with zero attached hydrogens (tertiary/aromatic N) is 3. The molecule has 5 nitrogen and oxygen atoms in total. The zero-order chi connectivity index (χ0) is 19.0. The maximum Gasteiger partial charge on any atom is 0.272 e. The van der Waals surface area contributed by atoms with E-state index >= 15 is 0 Å². The zero-order valence-corrected chi connectivity index (χ0v) is 14.5. The van der Waals surface area contributed by atoms with Crippen molar-refractivity contribution in [2.45, 2.75) is 6.54 Å². The molecule has 0 unspecified atom stereocenters. The molecule has 27 heavy (non-hydrogen) atoms. The van der Waals surface area contributed by atoms with Crippen LogP contribution in [0.25, 0.3) is 10.9 Å². The van der Waals surface area contributed by atoms with Gasteiger partial charge in [0.05, 0.1) is 23.9 Å². The van der Waals surface area contributed by atoms with Crippen molar-refractivity contribution in [3.05, 3.63) is 83.8 Å². The second kappa shape index (κ2) is 6.68. The lowest BCUT2D eigenvalue weighted by Gasteiger charge is -2.05. The van der Waals surface area contributed by atoms with Crippen LogP contribution in [0.5, 0.6) is 0 Å². The highest BCUT2D eigenvalue weighted by molar-refractivity contribution is 6.06. The molecule has 4 rings (SSSR count). The first-order valence-electron chi connectivity index (χ1n) is 8.33. The number of nitrogens with one attached hydrogen (secondary N) is 1. The number of aryl methyl sites for hydroxylation is 1. The van der Waals surface area contributed by atoms with E-state index in [0.717, 1.165) is 5.39 Å². The van der Waals surface area contributed by atoms with Gasteiger partial charge in [-0.25, -0.2) is 8.78 Å². The summed E-state index contributed by atoms with van der Waals surface area (Å²) in [5.41, 5.74) is 2.04. The highest BCUT2D eigenvalue weighted by Crippen LogP contribution is 2.21. The van der Waals surface area contributed by atoms with Crippen LogP contribution in [0, 0.1) is 11.6 Å². The topological polar surface area (TPSA) is 51.9 Å². The summed E-state index contributed by atoms with van der Waals surface area (Å²) in [7, 11) is 1.71. The third kappa shape index (κ3) is 3.31. The molecule has 0 bridgehead atoms. The van der Waals surface area contributed by atoms with E-state index in [4.69, 9.17) is 0 Å². The van der Waals surface area contributed by atoms with Gasteiger partial charge in [-0.15, -0.1) is 0 Å². The third-order valence-corrected chi connectivity index (χ3v) is 4.42. The normalized spacial score (nSPS) is 11.1. The number of aromatic nitrogens is 3. The molecular formula is C20H16F2N4O. The van der Waals surface area contributed by atoms with Crippen molar-refractivity contribution in [3.63, 3.8) is 0 Å². The summed E-state index contributed by atoms with van der Waals surface area (Å²) in [5.74, 6) is -0.994. The summed E-state index contributed by atoms with van der Waals surface area (Å²) in [6.07, 6.45) is 3.13. The van der Waals surface area contributed by atoms with Crippen LogP contribution in [-0.2, 0) is 13.6 Å². The van der Waals surface area contributed by atoms with E-state index < -0.39 is 0 Å². The lowest BCUT2D eigenvalue weighted by molar-refractivity contribution is 0.101. The lowest BCUT2D eigenvalue weighted by Crippen LogP contribution is -2.15. The summed E-state index contributed by atoms with van der Waals surface area (Å²) >= 11 is 0. The fraction of sp³-hybridized carbons (Fsp3) is 0.100. The van der Waals surface area contributed by atoms with E-state index in [9.17, 15) is 13.6 Å². The van der Waals surface area contributed by atoms with Crippen LogP contribution in [0.1, 0.15) is 16.1 Å². The van der Waals surface area contributed by atoms with Crippen LogP contribution in [-0.4, -0.2) is 20.3 Å². The number of fused-ring (bicyclic) bond motifs is 1. The Kier molecular flexibility index (Phi) is 4.19. The molecule has 2 aromatic heterocycles. The summed E-state index contributed by atoms with van der Waals surface area (Å²) in [6.45, 7) is 0.260. The van der Waals surface area contributed by atoms with Crippen molar-refractivity contribution in [2.75, 3.05) is 5.32 Å². The van der Waals surface area contributed by atoms with Gasteiger partial charge in [-0.2, -0.15) is 5.10 Å². The summed E-state index contributed by atoms with van der Waals surface area (Å²) in [5, 5.41) is 7.70. The van der Waals surface area contributed by atoms with Crippen molar-refractivity contribution in [1.29, 1.82) is 0 Å². The van der Waals surface area contributed by atoms with Crippen LogP contribution >= 0.6 is 0 Å². The van der Waals surface area contributed by atoms with Crippen LogP contribution in [0.15, 0.2) is 60.9 Å². The van der Waals surface area contributed by atoms with Gasteiger partial charge in [0.15, 0.2) is 0 Å². The number of hydrogen-bond donors (Lipinski definition) is 1. The molecule has 2 heterocycles. The Labute approximate surface area is 153 Å². The molecule has 0 atom stereocenters. The van der Waals surface area contributed by atoms with Crippen LogP contribution in [0.4, 0.5) is 14.5 Å². The Bertz CT molecular complexity index is 1150. The Morgan fingerprint density at radius 1 is 1.15 bits per heavy atom. The van der Waals surface area contributed by atoms with Crippen molar-refractivity contribution in [2.24, 2.45) is 7.05 Å². The van der Waals surface area contributed by atoms with Gasteiger partial charge in [0.2, 0.25) is 0 Å². The molecule has 0 saturated carbocycles. The first kappa shape index (κ1) is 17.0. The van der Waals surface area contributed by atoms with Gasteiger partial charge in [0, 0.05) is 24.2 Å². The molecule has 0 fully saturated rings. The molecule has 0 aliphatic rings. The number of rotatable bonds is 4. The summed E-state index contributed by atoms with van der Waals surface area (Å²) in [6, 6.07) is 12.5. The van der Waals surface area contributed by atoms with Crippen molar-refractivity contribution >= 4 is 22.5 Å². The monoisotopic (exact) mass is 366 g/mol. The summed E-state index contributed by atoms with van der Waals surface area (Å²) in [4.78, 5) is 12.6. The molecule has 0 radical (unpaired) electrons. The Morgan fingerprint density at radius 2 is 1.96 bits per heavy atom. The number of hydrogen-bond acceptors (Lipinski definition) is 2. The van der Waals surface area contributed by atoms with Crippen molar-refractivity contribution < 1.29 is 13.6 Å². The first-order valence-corrected chi connectivity index (χ1v) is 8.33. The van der Waals surface area contributed by atoms with Crippen molar-refractivity contribution in [3.8, 4) is 0 Å². The largest absolute Gasteiger partial charge is 0.340 e. The number of halogens is 2. The highest BCUT2D eigenvalue weighted by Gasteiger charge is 2.15. The second-order valence-electron chi connectivity index (χ2n) is 6.26. The maximum absolute atomic E-state index is 13.7. The van der Waals surface area contributed by atoms with Crippen molar-refractivity contribution in [1.82, 2.24) is 14.3 Å². The number of amides is 1. The SMILES string of the molecule is Cn1c(C(=O)Nc2cnn(Cc3ccccc3F)c2)cc2ccc(F)cc21. The Hall–Kier alpha value is -3.48. The summed E-state index contributed by atoms with van der Waals surface area (Å²) < 4.78 is 30.4. The van der Waals surface area contributed by atoms with Gasteiger partial charge in [-0.3, -0.25) is 9.48 Å². The van der Waals surface area contributed by atoms with Crippen LogP contribution in [0.2, 0.25) is 0 Å². The Balaban J connectivity index is 1.53. The molecule has 0 aliphatic carbocycles. The van der Waals surface area contributed by atoms with Gasteiger partial charge in [-0.05, 0) is 30.3 Å². The average molecular weight is 366 g/mol. The molecule has 4 aromatic rings. The van der Waals surface area contributed by atoms with E-state index in [0.29, 0.717) is 22.5 Å². The molecule has 0 spiro atoms. The van der Waals surface area contributed by atoms with E-state index in [1.54, 1.807) is 52.8 Å². The minimum Gasteiger partial charge on any atom is -0.340 e. The molecule has 0 saturated heterocycles. The lowest BCUT2D eigenvalue weighted by atomic mass is 10.2. The second-order valence-corrected chi connectivity index (χ2v) is 6.26. The predicted octanol–water partition coefficient (Wildman–Crippen LogP) is 3.95. The molecule has 136 valence electrons. The number of carbonyl (C=O) groups is 1. The molecule has 1 N–H and O–H groups in total. The first-order chi connectivity index (χ1) is 13.0. The Morgan fingerprint density at radius 3 is 2.78 bits per heavy atom. The highest BCUT2D eigenvalue weighted by atomic mass is 19.1. The fourth-order valence-electron chi connectivity index (χ4n) is 3.03. The molecular weight excluding hydrogens is 350 g/mol. The van der Waals surface area contributed by atoms with Crippen LogP contribution < -0.4 is 5.32 Å². The van der Waals surface area contributed by atoms with E-state index in [1.165, 1.54) is 24.4 Å². The standard InChI is InChI=1S/C20H16F2N4O/c1-25-18-9-15(21)7-6-13(18)8-19(25)20(27)24-16-10-23-26(12-16)11-14-4-2-3-5-17(14)22/h2-10,12H,11H2,1H3,(H,24,27). The predicted molar refractivity (Wildman–Crippen MR) is 98.6 cm³/mol. The van der Waals surface area contributed by atoms with E-state index in [2.05, 4.69) is 10.4 Å². The maximum atomic E-state index is 13.7. The van der Waals surface area contributed by atoms with E-state index in [-0.39, 0.29) is 24.1 Å². The van der Waals surface area contributed by atoms with E-state index in [1.807, 2.05) is 0 Å². The third-order valence-electron chi connectivity index (χ3n) is 4.42. The number of anilines is 1. The molecule has 2 aromatic carbocycles. The van der Waals surface area contributed by atoms with Crippen LogP contribution in [0.3, 0.4) is 0 Å². The van der Waals surface area contributed by atoms with Gasteiger partial charge in [0.25, 0.3) is 5.91 Å². The smallest absolute Gasteiger partial charge is 0.272 e. The minimum atomic E-state index is -0.356. The fourth-order valence-corrected chi connectivity index (χ4v) is 3.03. The zero-order valence-electron chi connectivity index (χ0n) is 14.5. The van der Waals surface area contributed by atoms with Gasteiger partial charge >= 0.3 is 0 Å². The minimum absolute atomic E-state index is 0.260. The van der Waals surface area contributed by atoms with Gasteiger partial charge in [-0.1, -0.05) is 18.2 Å². The molecule has 1 amide bonds. The molecule has 7 heteroatoms.